The number of hydrogen-bond acceptors (Lipinski definition) is 9. The predicted molar refractivity (Wildman–Crippen MR) is 99.0 cm³/mol. The fraction of sp³-hybridized carbons (Fsp3) is 0.143. The van der Waals surface area contributed by atoms with Crippen molar-refractivity contribution in [1.82, 2.24) is 25.4 Å². The maximum atomic E-state index is 13.5. The quantitative estimate of drug-likeness (QED) is 0.177. The summed E-state index contributed by atoms with van der Waals surface area (Å²) in [6.07, 6.45) is 1.56. The highest BCUT2D eigenvalue weighted by Crippen LogP contribution is 2.28. The van der Waals surface area contributed by atoms with E-state index >= 15 is 0 Å². The Morgan fingerprint density at radius 3 is 3.04 bits per heavy atom. The van der Waals surface area contributed by atoms with E-state index in [0.717, 1.165) is 4.57 Å². The lowest BCUT2D eigenvalue weighted by Gasteiger charge is -2.05. The van der Waals surface area contributed by atoms with Crippen molar-refractivity contribution in [1.29, 1.82) is 5.26 Å². The van der Waals surface area contributed by atoms with Crippen molar-refractivity contribution in [2.24, 2.45) is 10.7 Å². The first-order valence-corrected chi connectivity index (χ1v) is 9.25. The van der Waals surface area contributed by atoms with Crippen LogP contribution in [0.5, 0.6) is 0 Å². The number of rotatable bonds is 6. The Hall–Kier alpha value is -3.18. The van der Waals surface area contributed by atoms with Crippen LogP contribution < -0.4 is 16.8 Å². The highest BCUT2D eigenvalue weighted by atomic mass is 79.9. The molecule has 0 unspecified atom stereocenters. The number of nitriles is 1. The summed E-state index contributed by atoms with van der Waals surface area (Å²) in [5.74, 6) is -0.761. The van der Waals surface area contributed by atoms with Gasteiger partial charge in [-0.2, -0.15) is 5.26 Å². The van der Waals surface area contributed by atoms with Gasteiger partial charge in [-0.1, -0.05) is 16.9 Å². The van der Waals surface area contributed by atoms with E-state index in [0.29, 0.717) is 23.0 Å². The van der Waals surface area contributed by atoms with E-state index in [-0.39, 0.29) is 22.0 Å². The van der Waals surface area contributed by atoms with Crippen molar-refractivity contribution in [3.63, 3.8) is 0 Å². The van der Waals surface area contributed by atoms with Gasteiger partial charge in [0.1, 0.15) is 5.82 Å². The highest BCUT2D eigenvalue weighted by molar-refractivity contribution is 9.10. The summed E-state index contributed by atoms with van der Waals surface area (Å²) in [5, 5.41) is 22.8. The third-order valence-electron chi connectivity index (χ3n) is 3.25. The largest absolute Gasteiger partial charge is 0.446 e. The molecule has 2 heterocycles. The van der Waals surface area contributed by atoms with E-state index < -0.39 is 11.6 Å². The number of halogens is 2. The smallest absolute Gasteiger partial charge is 0.369 e. The summed E-state index contributed by atoms with van der Waals surface area (Å²) in [6.45, 7) is 0.379. The Bertz CT molecular complexity index is 1120. The van der Waals surface area contributed by atoms with Crippen molar-refractivity contribution in [2.45, 2.75) is 5.03 Å². The lowest BCUT2D eigenvalue weighted by atomic mass is 10.3. The molecule has 0 aliphatic heterocycles. The van der Waals surface area contributed by atoms with Crippen molar-refractivity contribution >= 4 is 33.7 Å². The summed E-state index contributed by atoms with van der Waals surface area (Å²) < 4.78 is 24.3. The van der Waals surface area contributed by atoms with Crippen LogP contribution in [0.2, 0.25) is 0 Å². The summed E-state index contributed by atoms with van der Waals surface area (Å²) >= 11 is 4.31. The number of hydrogen-bond donors (Lipinski definition) is 2. The molecular weight excluding hydrogens is 459 g/mol. The Morgan fingerprint density at radius 1 is 1.46 bits per heavy atom. The monoisotopic (exact) mass is 468 g/mol. The van der Waals surface area contributed by atoms with E-state index in [9.17, 15) is 9.18 Å². The van der Waals surface area contributed by atoms with Gasteiger partial charge in [0, 0.05) is 12.3 Å². The fourth-order valence-corrected chi connectivity index (χ4v) is 3.20. The van der Waals surface area contributed by atoms with Gasteiger partial charge in [-0.3, -0.25) is 4.52 Å². The first kappa shape index (κ1) is 19.6. The number of aromatic nitrogens is 4. The molecule has 0 amide bonds. The number of nitrogens with zero attached hydrogens (tertiary/aromatic N) is 6. The molecule has 3 N–H and O–H groups in total. The van der Waals surface area contributed by atoms with Gasteiger partial charge in [0.2, 0.25) is 18.0 Å². The number of aliphatic imine (C=N–C) groups is 1. The topological polar surface area (TPSA) is 161 Å². The molecule has 0 saturated heterocycles. The van der Waals surface area contributed by atoms with Crippen LogP contribution in [0.15, 0.2) is 46.6 Å². The van der Waals surface area contributed by atoms with Crippen molar-refractivity contribution in [3.05, 3.63) is 39.0 Å². The third-order valence-corrected chi connectivity index (χ3v) is 4.81. The zero-order valence-corrected chi connectivity index (χ0v) is 16.2. The SMILES string of the molecule is N#C/N=C(\N)NCCSc1nonc1-c1noc(=O)n1-c1ccc(F)c(Br)c1. The van der Waals surface area contributed by atoms with Gasteiger partial charge in [0.25, 0.3) is 0 Å². The van der Waals surface area contributed by atoms with Crippen LogP contribution in [0.1, 0.15) is 0 Å². The van der Waals surface area contributed by atoms with E-state index in [1.165, 1.54) is 30.0 Å². The van der Waals surface area contributed by atoms with E-state index in [4.69, 9.17) is 20.1 Å². The van der Waals surface area contributed by atoms with E-state index in [2.05, 4.69) is 41.7 Å². The minimum absolute atomic E-state index is 0.00572. The number of nitrogens with one attached hydrogen (secondary N) is 1. The normalized spacial score (nSPS) is 11.4. The molecule has 11 nitrogen and oxygen atoms in total. The predicted octanol–water partition coefficient (Wildman–Crippen LogP) is 1.25. The maximum Gasteiger partial charge on any atom is 0.446 e. The van der Waals surface area contributed by atoms with Crippen LogP contribution >= 0.6 is 27.7 Å². The van der Waals surface area contributed by atoms with Crippen molar-refractivity contribution in [2.75, 3.05) is 12.3 Å². The Labute approximate surface area is 168 Å². The van der Waals surface area contributed by atoms with E-state index in [1.807, 2.05) is 0 Å². The number of nitrogens with two attached hydrogens (primary N) is 1. The van der Waals surface area contributed by atoms with Crippen LogP contribution in [-0.4, -0.2) is 38.3 Å². The molecule has 0 saturated carbocycles. The standard InChI is InChI=1S/C14H10BrFN8O3S/c15-8-5-7(1-2-9(8)16)24-11(22-26-14(24)25)10-12(23-27-21-10)28-4-3-19-13(18)20-6-17/h1-2,5H,3-4H2,(H3,18,19,20). The average molecular weight is 469 g/mol. The molecule has 0 spiro atoms. The zero-order chi connectivity index (χ0) is 20.1. The summed E-state index contributed by atoms with van der Waals surface area (Å²) in [4.78, 5) is 15.4. The molecule has 0 aliphatic rings. The Balaban J connectivity index is 1.84. The molecule has 0 fully saturated rings. The molecule has 1 aromatic carbocycles. The molecule has 3 aromatic rings. The third kappa shape index (κ3) is 4.21. The molecule has 0 aliphatic carbocycles. The van der Waals surface area contributed by atoms with Crippen LogP contribution in [0, 0.1) is 17.3 Å². The number of benzene rings is 1. The molecule has 0 bridgehead atoms. The Kier molecular flexibility index (Phi) is 6.06. The van der Waals surface area contributed by atoms with Gasteiger partial charge in [0.05, 0.1) is 10.2 Å². The second-order valence-corrected chi connectivity index (χ2v) is 6.93. The molecule has 144 valence electrons. The fourth-order valence-electron chi connectivity index (χ4n) is 2.08. The minimum atomic E-state index is -0.783. The van der Waals surface area contributed by atoms with Crippen LogP contribution in [0.4, 0.5) is 4.39 Å². The number of thioether (sulfide) groups is 1. The molecule has 3 rings (SSSR count). The molecule has 0 atom stereocenters. The van der Waals surface area contributed by atoms with Gasteiger partial charge in [-0.05, 0) is 44.4 Å². The minimum Gasteiger partial charge on any atom is -0.369 e. The highest BCUT2D eigenvalue weighted by Gasteiger charge is 2.23. The summed E-state index contributed by atoms with van der Waals surface area (Å²) in [5.41, 5.74) is 5.94. The van der Waals surface area contributed by atoms with Crippen molar-refractivity contribution < 1.29 is 13.5 Å². The zero-order valence-electron chi connectivity index (χ0n) is 13.8. The van der Waals surface area contributed by atoms with Crippen LogP contribution in [0.25, 0.3) is 17.2 Å². The first-order valence-electron chi connectivity index (χ1n) is 7.47. The molecule has 28 heavy (non-hydrogen) atoms. The van der Waals surface area contributed by atoms with E-state index in [1.54, 1.807) is 6.19 Å². The van der Waals surface area contributed by atoms with Gasteiger partial charge in [-0.15, -0.1) is 4.99 Å². The van der Waals surface area contributed by atoms with Gasteiger partial charge in [-0.25, -0.2) is 18.4 Å². The maximum absolute atomic E-state index is 13.5. The summed E-state index contributed by atoms with van der Waals surface area (Å²) in [7, 11) is 0. The second-order valence-electron chi connectivity index (χ2n) is 5.00. The lowest BCUT2D eigenvalue weighted by Crippen LogP contribution is -2.32. The molecular formula is C14H10BrFN8O3S. The van der Waals surface area contributed by atoms with Gasteiger partial charge >= 0.3 is 5.76 Å². The van der Waals surface area contributed by atoms with Crippen LogP contribution in [-0.2, 0) is 0 Å². The molecule has 0 radical (unpaired) electrons. The summed E-state index contributed by atoms with van der Waals surface area (Å²) in [6, 6.07) is 3.99. The molecule has 14 heteroatoms. The number of guanidine groups is 1. The Morgan fingerprint density at radius 2 is 2.29 bits per heavy atom. The van der Waals surface area contributed by atoms with Crippen molar-refractivity contribution in [3.8, 4) is 23.4 Å². The van der Waals surface area contributed by atoms with Gasteiger partial charge < -0.3 is 11.1 Å². The van der Waals surface area contributed by atoms with Crippen LogP contribution in [0.3, 0.4) is 0 Å². The molecule has 2 aromatic heterocycles. The lowest BCUT2D eigenvalue weighted by molar-refractivity contribution is 0.299. The first-order chi connectivity index (χ1) is 13.5. The van der Waals surface area contributed by atoms with Gasteiger partial charge in [0.15, 0.2) is 10.7 Å². The second kappa shape index (κ2) is 8.67. The average Bonchev–Trinajstić information content (AvgIpc) is 3.27.